The topological polar surface area (TPSA) is 77.9 Å². The summed E-state index contributed by atoms with van der Waals surface area (Å²) >= 11 is 1.56. The van der Waals surface area contributed by atoms with E-state index in [2.05, 4.69) is 0 Å². The zero-order valence-electron chi connectivity index (χ0n) is 9.46. The van der Waals surface area contributed by atoms with Crippen LogP contribution in [0.4, 0.5) is 0 Å². The van der Waals surface area contributed by atoms with Crippen molar-refractivity contribution in [3.8, 4) is 0 Å². The van der Waals surface area contributed by atoms with E-state index in [0.717, 1.165) is 10.7 Å². The molecule has 0 aromatic carbocycles. The molecule has 2 aliphatic heterocycles. The molecule has 0 bridgehead atoms. The van der Waals surface area contributed by atoms with Crippen LogP contribution in [-0.4, -0.2) is 69.9 Å². The number of amides is 2. The smallest absolute Gasteiger partial charge is 0.321 e. The number of rotatable bonds is 2. The van der Waals surface area contributed by atoms with Gasteiger partial charge in [0.15, 0.2) is 0 Å². The average Bonchev–Trinajstić information content (AvgIpc) is 2.57. The van der Waals surface area contributed by atoms with Crippen LogP contribution < -0.4 is 0 Å². The summed E-state index contributed by atoms with van der Waals surface area (Å²) in [6.07, 6.45) is 0.101. The Bertz CT molecular complexity index is 373. The Morgan fingerprint density at radius 1 is 1.47 bits per heavy atom. The van der Waals surface area contributed by atoms with E-state index in [1.54, 1.807) is 16.7 Å². The van der Waals surface area contributed by atoms with Gasteiger partial charge in [0.2, 0.25) is 11.8 Å². The number of carbonyl (C=O) groups is 3. The van der Waals surface area contributed by atoms with Crippen LogP contribution in [0.25, 0.3) is 0 Å². The lowest BCUT2D eigenvalue weighted by molar-refractivity contribution is -0.145. The molecule has 2 rings (SSSR count). The number of hydrogen-bond donors (Lipinski definition) is 1. The number of imide groups is 1. The maximum Gasteiger partial charge on any atom is 0.321 e. The highest BCUT2D eigenvalue weighted by Crippen LogP contribution is 2.25. The summed E-state index contributed by atoms with van der Waals surface area (Å²) in [5.74, 6) is -0.176. The molecule has 0 radical (unpaired) electrons. The van der Waals surface area contributed by atoms with E-state index < -0.39 is 18.1 Å². The van der Waals surface area contributed by atoms with Crippen molar-refractivity contribution in [1.29, 1.82) is 0 Å². The van der Waals surface area contributed by atoms with Gasteiger partial charge in [-0.05, 0) is 0 Å². The number of carboxylic acid groups (broad SMARTS) is 1. The molecule has 94 valence electrons. The molecule has 0 aromatic rings. The minimum Gasteiger partial charge on any atom is -0.480 e. The summed E-state index contributed by atoms with van der Waals surface area (Å²) < 4.78 is 0. The van der Waals surface area contributed by atoms with Crippen LogP contribution in [0.5, 0.6) is 0 Å². The van der Waals surface area contributed by atoms with E-state index >= 15 is 0 Å². The second-order valence-electron chi connectivity index (χ2n) is 4.18. The summed E-state index contributed by atoms with van der Waals surface area (Å²) in [6, 6.07) is -1.25. The standard InChI is InChI=1S/C10H14N2O4S/c1-11-8(13)4-6(9(11)14)12-2-3-17-5-7(12)10(15)16/h6-7H,2-5H2,1H3,(H,15,16). The van der Waals surface area contributed by atoms with Gasteiger partial charge < -0.3 is 5.11 Å². The molecule has 2 saturated heterocycles. The maximum atomic E-state index is 11.8. The second-order valence-corrected chi connectivity index (χ2v) is 5.33. The summed E-state index contributed by atoms with van der Waals surface area (Å²) in [5.41, 5.74) is 0. The van der Waals surface area contributed by atoms with Gasteiger partial charge in [-0.15, -0.1) is 0 Å². The van der Waals surface area contributed by atoms with Crippen LogP contribution in [0.1, 0.15) is 6.42 Å². The SMILES string of the molecule is CN1C(=O)CC(N2CCSCC2C(=O)O)C1=O. The summed E-state index contributed by atoms with van der Waals surface area (Å²) in [7, 11) is 1.44. The molecule has 2 fully saturated rings. The van der Waals surface area contributed by atoms with Crippen LogP contribution in [0.15, 0.2) is 0 Å². The van der Waals surface area contributed by atoms with Crippen molar-refractivity contribution < 1.29 is 19.5 Å². The Kier molecular flexibility index (Phi) is 3.39. The molecular weight excluding hydrogens is 244 g/mol. The largest absolute Gasteiger partial charge is 0.480 e. The second kappa shape index (κ2) is 4.66. The maximum absolute atomic E-state index is 11.8. The Labute approximate surface area is 103 Å². The number of carboxylic acids is 1. The monoisotopic (exact) mass is 258 g/mol. The van der Waals surface area contributed by atoms with E-state index in [-0.39, 0.29) is 18.2 Å². The van der Waals surface area contributed by atoms with Crippen molar-refractivity contribution in [3.05, 3.63) is 0 Å². The van der Waals surface area contributed by atoms with Crippen LogP contribution >= 0.6 is 11.8 Å². The predicted octanol–water partition coefficient (Wildman–Crippen LogP) is -0.754. The first-order chi connectivity index (χ1) is 8.02. The molecule has 7 heteroatoms. The molecule has 6 nitrogen and oxygen atoms in total. The zero-order valence-corrected chi connectivity index (χ0v) is 10.3. The highest BCUT2D eigenvalue weighted by molar-refractivity contribution is 7.99. The number of nitrogens with zero attached hydrogens (tertiary/aromatic N) is 2. The Hall–Kier alpha value is -1.08. The van der Waals surface area contributed by atoms with Gasteiger partial charge in [-0.2, -0.15) is 11.8 Å². The summed E-state index contributed by atoms with van der Waals surface area (Å²) in [4.78, 5) is 37.2. The van der Waals surface area contributed by atoms with Crippen molar-refractivity contribution in [2.45, 2.75) is 18.5 Å². The summed E-state index contributed by atoms with van der Waals surface area (Å²) in [6.45, 7) is 0.541. The molecule has 0 spiro atoms. The van der Waals surface area contributed by atoms with Gasteiger partial charge in [-0.1, -0.05) is 0 Å². The van der Waals surface area contributed by atoms with Gasteiger partial charge in [-0.25, -0.2) is 0 Å². The molecule has 2 unspecified atom stereocenters. The number of likely N-dealkylation sites (N-methyl/N-ethyl adjacent to an activating group) is 1. The molecule has 2 heterocycles. The first-order valence-corrected chi connectivity index (χ1v) is 6.54. The lowest BCUT2D eigenvalue weighted by Gasteiger charge is -2.35. The Balaban J connectivity index is 2.17. The van der Waals surface area contributed by atoms with E-state index in [4.69, 9.17) is 5.11 Å². The highest BCUT2D eigenvalue weighted by atomic mass is 32.2. The molecule has 2 aliphatic rings. The van der Waals surface area contributed by atoms with Crippen LogP contribution in [0, 0.1) is 0 Å². The van der Waals surface area contributed by atoms with Crippen molar-refractivity contribution >= 4 is 29.5 Å². The number of likely N-dealkylation sites (tertiary alicyclic amines) is 1. The first kappa shape index (κ1) is 12.4. The number of aliphatic carboxylic acids is 1. The van der Waals surface area contributed by atoms with Crippen molar-refractivity contribution in [2.24, 2.45) is 0 Å². The third kappa shape index (κ3) is 2.16. The van der Waals surface area contributed by atoms with Crippen LogP contribution in [0.3, 0.4) is 0 Å². The fraction of sp³-hybridized carbons (Fsp3) is 0.700. The number of carbonyl (C=O) groups excluding carboxylic acids is 2. The van der Waals surface area contributed by atoms with Crippen molar-refractivity contribution in [2.75, 3.05) is 25.1 Å². The quantitative estimate of drug-likeness (QED) is 0.656. The molecule has 2 atom stereocenters. The van der Waals surface area contributed by atoms with Gasteiger partial charge in [-0.3, -0.25) is 24.2 Å². The lowest BCUT2D eigenvalue weighted by atomic mass is 10.1. The zero-order chi connectivity index (χ0) is 12.6. The molecule has 2 amide bonds. The van der Waals surface area contributed by atoms with Crippen LogP contribution in [-0.2, 0) is 14.4 Å². The fourth-order valence-corrected chi connectivity index (χ4v) is 3.26. The molecule has 17 heavy (non-hydrogen) atoms. The first-order valence-electron chi connectivity index (χ1n) is 5.39. The summed E-state index contributed by atoms with van der Waals surface area (Å²) in [5, 5.41) is 9.12. The van der Waals surface area contributed by atoms with Gasteiger partial charge in [0.05, 0.1) is 12.5 Å². The lowest BCUT2D eigenvalue weighted by Crippen LogP contribution is -2.54. The van der Waals surface area contributed by atoms with E-state index in [1.165, 1.54) is 7.05 Å². The molecule has 1 N–H and O–H groups in total. The third-order valence-corrected chi connectivity index (χ3v) is 4.24. The Morgan fingerprint density at radius 3 is 2.71 bits per heavy atom. The third-order valence-electron chi connectivity index (χ3n) is 3.21. The predicted molar refractivity (Wildman–Crippen MR) is 61.6 cm³/mol. The molecular formula is C10H14N2O4S. The fourth-order valence-electron chi connectivity index (χ4n) is 2.20. The van der Waals surface area contributed by atoms with Gasteiger partial charge in [0.1, 0.15) is 6.04 Å². The average molecular weight is 258 g/mol. The minimum atomic E-state index is -0.924. The number of hydrogen-bond acceptors (Lipinski definition) is 5. The van der Waals surface area contributed by atoms with E-state index in [0.29, 0.717) is 12.3 Å². The van der Waals surface area contributed by atoms with E-state index in [9.17, 15) is 14.4 Å². The van der Waals surface area contributed by atoms with Gasteiger partial charge in [0.25, 0.3) is 0 Å². The normalized spacial score (nSPS) is 31.0. The van der Waals surface area contributed by atoms with Crippen LogP contribution in [0.2, 0.25) is 0 Å². The molecule has 0 saturated carbocycles. The van der Waals surface area contributed by atoms with Crippen molar-refractivity contribution in [1.82, 2.24) is 9.80 Å². The minimum absolute atomic E-state index is 0.101. The van der Waals surface area contributed by atoms with Gasteiger partial charge >= 0.3 is 5.97 Å². The highest BCUT2D eigenvalue weighted by Gasteiger charge is 2.44. The van der Waals surface area contributed by atoms with E-state index in [1.807, 2.05) is 0 Å². The number of thioether (sulfide) groups is 1. The molecule has 0 aromatic heterocycles. The molecule has 0 aliphatic carbocycles. The van der Waals surface area contributed by atoms with Gasteiger partial charge in [0, 0.05) is 25.1 Å². The Morgan fingerprint density at radius 2 is 2.18 bits per heavy atom. The van der Waals surface area contributed by atoms with Crippen molar-refractivity contribution in [3.63, 3.8) is 0 Å².